The van der Waals surface area contributed by atoms with Crippen molar-refractivity contribution < 1.29 is 8.42 Å². The first-order chi connectivity index (χ1) is 10.9. The molecule has 120 valence electrons. The van der Waals surface area contributed by atoms with E-state index < -0.39 is 9.84 Å². The van der Waals surface area contributed by atoms with Gasteiger partial charge in [0.15, 0.2) is 9.84 Å². The van der Waals surface area contributed by atoms with Gasteiger partial charge in [-0.15, -0.1) is 0 Å². The monoisotopic (exact) mass is 328 g/mol. The molecule has 0 radical (unpaired) electrons. The second-order valence-electron chi connectivity index (χ2n) is 5.23. The van der Waals surface area contributed by atoms with Crippen LogP contribution in [0.3, 0.4) is 0 Å². The Morgan fingerprint density at radius 2 is 1.22 bits per heavy atom. The normalized spacial score (nSPS) is 12.2. The quantitative estimate of drug-likeness (QED) is 0.798. The average molecular weight is 328 g/mol. The van der Waals surface area contributed by atoms with E-state index in [0.29, 0.717) is 24.2 Å². The second-order valence-corrected chi connectivity index (χ2v) is 6.95. The lowest BCUT2D eigenvalue weighted by Gasteiger charge is -1.98. The predicted octanol–water partition coefficient (Wildman–Crippen LogP) is 3.08. The highest BCUT2D eigenvalue weighted by molar-refractivity contribution is 7.97. The predicted molar refractivity (Wildman–Crippen MR) is 96.3 cm³/mol. The van der Waals surface area contributed by atoms with Crippen molar-refractivity contribution >= 4 is 21.2 Å². The molecule has 2 rings (SSSR count). The summed E-state index contributed by atoms with van der Waals surface area (Å²) >= 11 is 0. The summed E-state index contributed by atoms with van der Waals surface area (Å²) in [5.74, 6) is 0. The third kappa shape index (κ3) is 6.00. The Labute approximate surface area is 137 Å². The zero-order chi connectivity index (χ0) is 16.7. The highest BCUT2D eigenvalue weighted by Crippen LogP contribution is 2.10. The van der Waals surface area contributed by atoms with E-state index in [2.05, 4.69) is 0 Å². The summed E-state index contributed by atoms with van der Waals surface area (Å²) in [5, 5.41) is 2.43. The fraction of sp³-hybridized carbons (Fsp3) is 0.111. The SMILES string of the molecule is Nc1cccc(CC=CS(=O)(=O)C=CCc2cccc(N)c2)c1. The van der Waals surface area contributed by atoms with Gasteiger partial charge < -0.3 is 11.5 Å². The van der Waals surface area contributed by atoms with Crippen LogP contribution in [0.15, 0.2) is 71.5 Å². The lowest BCUT2D eigenvalue weighted by Crippen LogP contribution is -1.91. The van der Waals surface area contributed by atoms with E-state index in [4.69, 9.17) is 11.5 Å². The maximum absolute atomic E-state index is 11.9. The van der Waals surface area contributed by atoms with Crippen molar-refractivity contribution in [3.63, 3.8) is 0 Å². The summed E-state index contributed by atoms with van der Waals surface area (Å²) in [6.07, 6.45) is 4.28. The van der Waals surface area contributed by atoms with Gasteiger partial charge in [0, 0.05) is 22.2 Å². The molecule has 0 aliphatic carbocycles. The number of sulfone groups is 1. The molecular formula is C18H20N2O2S. The van der Waals surface area contributed by atoms with Crippen LogP contribution < -0.4 is 11.5 Å². The fourth-order valence-corrected chi connectivity index (χ4v) is 2.94. The van der Waals surface area contributed by atoms with Crippen molar-refractivity contribution in [1.29, 1.82) is 0 Å². The smallest absolute Gasteiger partial charge is 0.192 e. The minimum absolute atomic E-state index is 0.521. The van der Waals surface area contributed by atoms with Gasteiger partial charge in [-0.1, -0.05) is 36.4 Å². The molecule has 5 heteroatoms. The van der Waals surface area contributed by atoms with Crippen LogP contribution in [0.5, 0.6) is 0 Å². The van der Waals surface area contributed by atoms with Crippen LogP contribution in [-0.2, 0) is 22.7 Å². The molecule has 0 spiro atoms. The summed E-state index contributed by atoms with van der Waals surface area (Å²) in [6, 6.07) is 14.7. The molecule has 23 heavy (non-hydrogen) atoms. The summed E-state index contributed by atoms with van der Waals surface area (Å²) < 4.78 is 23.8. The number of hydrogen-bond donors (Lipinski definition) is 2. The van der Waals surface area contributed by atoms with E-state index in [1.165, 1.54) is 10.8 Å². The van der Waals surface area contributed by atoms with E-state index in [1.807, 2.05) is 36.4 Å². The van der Waals surface area contributed by atoms with Gasteiger partial charge in [0.25, 0.3) is 0 Å². The lowest BCUT2D eigenvalue weighted by molar-refractivity contribution is 0.612. The molecule has 0 bridgehead atoms. The van der Waals surface area contributed by atoms with Gasteiger partial charge in [0.2, 0.25) is 0 Å². The first kappa shape index (κ1) is 16.8. The molecule has 0 aliphatic heterocycles. The van der Waals surface area contributed by atoms with E-state index >= 15 is 0 Å². The summed E-state index contributed by atoms with van der Waals surface area (Å²) in [4.78, 5) is 0. The molecule has 0 amide bonds. The van der Waals surface area contributed by atoms with Crippen LogP contribution >= 0.6 is 0 Å². The zero-order valence-corrected chi connectivity index (χ0v) is 13.5. The van der Waals surface area contributed by atoms with Crippen LogP contribution in [0.2, 0.25) is 0 Å². The van der Waals surface area contributed by atoms with Gasteiger partial charge in [-0.3, -0.25) is 0 Å². The summed E-state index contributed by atoms with van der Waals surface area (Å²) in [6.45, 7) is 0. The number of anilines is 2. The molecule has 2 aromatic carbocycles. The van der Waals surface area contributed by atoms with Crippen molar-refractivity contribution in [2.45, 2.75) is 12.8 Å². The Morgan fingerprint density at radius 1 is 0.783 bits per heavy atom. The second kappa shape index (κ2) is 7.65. The van der Waals surface area contributed by atoms with E-state index in [1.54, 1.807) is 24.3 Å². The average Bonchev–Trinajstić information content (AvgIpc) is 2.47. The van der Waals surface area contributed by atoms with Gasteiger partial charge in [0.1, 0.15) is 0 Å². The van der Waals surface area contributed by atoms with Gasteiger partial charge in [-0.2, -0.15) is 0 Å². The van der Waals surface area contributed by atoms with Gasteiger partial charge in [-0.05, 0) is 48.2 Å². The Morgan fingerprint density at radius 3 is 1.61 bits per heavy atom. The highest BCUT2D eigenvalue weighted by atomic mass is 32.2. The summed E-state index contributed by atoms with van der Waals surface area (Å²) in [5.41, 5.74) is 14.7. The Balaban J connectivity index is 1.93. The van der Waals surface area contributed by atoms with E-state index in [0.717, 1.165) is 11.1 Å². The molecule has 0 heterocycles. The van der Waals surface area contributed by atoms with Crippen LogP contribution in [0.25, 0.3) is 0 Å². The molecule has 0 saturated carbocycles. The molecule has 0 aromatic heterocycles. The van der Waals surface area contributed by atoms with Crippen LogP contribution in [-0.4, -0.2) is 8.42 Å². The molecular weight excluding hydrogens is 308 g/mol. The number of benzene rings is 2. The van der Waals surface area contributed by atoms with Crippen molar-refractivity contribution in [2.24, 2.45) is 0 Å². The maximum atomic E-state index is 11.9. The standard InChI is InChI=1S/C18H20N2O2S/c19-17-9-1-5-15(13-17)7-3-11-23(21,22)12-4-8-16-6-2-10-18(20)14-16/h1-6,9-14H,7-8,19-20H2. The fourth-order valence-electron chi connectivity index (χ4n) is 2.12. The van der Waals surface area contributed by atoms with Crippen molar-refractivity contribution in [1.82, 2.24) is 0 Å². The van der Waals surface area contributed by atoms with Gasteiger partial charge >= 0.3 is 0 Å². The molecule has 0 unspecified atom stereocenters. The number of hydrogen-bond acceptors (Lipinski definition) is 4. The first-order valence-corrected chi connectivity index (χ1v) is 8.82. The summed E-state index contributed by atoms with van der Waals surface area (Å²) in [7, 11) is -3.37. The largest absolute Gasteiger partial charge is 0.399 e. The lowest BCUT2D eigenvalue weighted by atomic mass is 10.1. The van der Waals surface area contributed by atoms with Crippen molar-refractivity contribution in [3.05, 3.63) is 82.6 Å². The molecule has 0 fully saturated rings. The van der Waals surface area contributed by atoms with Crippen LogP contribution in [0.4, 0.5) is 11.4 Å². The Bertz CT molecular complexity index is 761. The number of allylic oxidation sites excluding steroid dienone is 2. The minimum atomic E-state index is -3.37. The van der Waals surface area contributed by atoms with Crippen LogP contribution in [0.1, 0.15) is 11.1 Å². The number of nitrogens with two attached hydrogens (primary N) is 2. The van der Waals surface area contributed by atoms with E-state index in [-0.39, 0.29) is 0 Å². The molecule has 0 atom stereocenters. The minimum Gasteiger partial charge on any atom is -0.399 e. The molecule has 4 N–H and O–H groups in total. The van der Waals surface area contributed by atoms with E-state index in [9.17, 15) is 8.42 Å². The van der Waals surface area contributed by atoms with Crippen molar-refractivity contribution in [2.75, 3.05) is 11.5 Å². The maximum Gasteiger partial charge on any atom is 0.192 e. The number of nitrogen functional groups attached to an aromatic ring is 2. The molecule has 2 aromatic rings. The first-order valence-electron chi connectivity index (χ1n) is 7.22. The van der Waals surface area contributed by atoms with Crippen LogP contribution in [0, 0.1) is 0 Å². The molecule has 0 aliphatic rings. The topological polar surface area (TPSA) is 86.2 Å². The molecule has 4 nitrogen and oxygen atoms in total. The number of rotatable bonds is 6. The third-order valence-corrected chi connectivity index (χ3v) is 4.32. The highest BCUT2D eigenvalue weighted by Gasteiger charge is 1.99. The third-order valence-electron chi connectivity index (χ3n) is 3.18. The van der Waals surface area contributed by atoms with Gasteiger partial charge in [-0.25, -0.2) is 8.42 Å². The molecule has 0 saturated heterocycles. The Hall–Kier alpha value is -2.53. The van der Waals surface area contributed by atoms with Gasteiger partial charge in [0.05, 0.1) is 0 Å². The Kier molecular flexibility index (Phi) is 5.60. The zero-order valence-electron chi connectivity index (χ0n) is 12.7. The van der Waals surface area contributed by atoms with Crippen molar-refractivity contribution in [3.8, 4) is 0 Å².